The molecule has 0 aromatic carbocycles. The van der Waals surface area contributed by atoms with Gasteiger partial charge in [-0.05, 0) is 26.2 Å². The summed E-state index contributed by atoms with van der Waals surface area (Å²) in [5.74, 6) is -0.944. The number of carboxylic acids is 1. The molecule has 0 aromatic rings. The summed E-state index contributed by atoms with van der Waals surface area (Å²) in [6, 6.07) is -0.329. The van der Waals surface area contributed by atoms with E-state index >= 15 is 0 Å². The lowest BCUT2D eigenvalue weighted by Crippen LogP contribution is -2.59. The first-order valence-corrected chi connectivity index (χ1v) is 5.42. The lowest BCUT2D eigenvalue weighted by molar-refractivity contribution is -0.150. The van der Waals surface area contributed by atoms with Crippen LogP contribution >= 0.6 is 0 Å². The number of hydrogen-bond donors (Lipinski definition) is 2. The van der Waals surface area contributed by atoms with Gasteiger partial charge in [-0.2, -0.15) is 0 Å². The number of rotatable bonds is 3. The van der Waals surface area contributed by atoms with Gasteiger partial charge in [-0.3, -0.25) is 0 Å². The van der Waals surface area contributed by atoms with Crippen molar-refractivity contribution >= 4 is 12.0 Å². The number of piperidine rings is 1. The van der Waals surface area contributed by atoms with Gasteiger partial charge in [-0.15, -0.1) is 6.58 Å². The van der Waals surface area contributed by atoms with Crippen LogP contribution < -0.4 is 5.32 Å². The van der Waals surface area contributed by atoms with Gasteiger partial charge in [0.2, 0.25) is 0 Å². The molecular formula is C11H18N2O3. The highest BCUT2D eigenvalue weighted by molar-refractivity contribution is 5.86. The maximum absolute atomic E-state index is 11.8. The lowest BCUT2D eigenvalue weighted by atomic mass is 9.89. The van der Waals surface area contributed by atoms with Crippen LogP contribution in [0.1, 0.15) is 26.2 Å². The number of urea groups is 1. The molecule has 1 aliphatic heterocycles. The Morgan fingerprint density at radius 1 is 1.56 bits per heavy atom. The van der Waals surface area contributed by atoms with E-state index in [2.05, 4.69) is 11.9 Å². The Labute approximate surface area is 95.1 Å². The first-order chi connectivity index (χ1) is 7.52. The minimum Gasteiger partial charge on any atom is -0.480 e. The van der Waals surface area contributed by atoms with E-state index in [4.69, 9.17) is 0 Å². The van der Waals surface area contributed by atoms with Crippen LogP contribution in [0.2, 0.25) is 0 Å². The minimum atomic E-state index is -1.08. The van der Waals surface area contributed by atoms with Crippen molar-refractivity contribution in [1.82, 2.24) is 10.2 Å². The molecule has 1 saturated heterocycles. The predicted molar refractivity (Wildman–Crippen MR) is 60.2 cm³/mol. The van der Waals surface area contributed by atoms with E-state index in [1.165, 1.54) is 4.90 Å². The molecule has 1 fully saturated rings. The van der Waals surface area contributed by atoms with Crippen LogP contribution in [0.5, 0.6) is 0 Å². The number of amides is 2. The van der Waals surface area contributed by atoms with Crippen LogP contribution in [0.25, 0.3) is 0 Å². The maximum Gasteiger partial charge on any atom is 0.329 e. The summed E-state index contributed by atoms with van der Waals surface area (Å²) in [4.78, 5) is 24.4. The molecule has 1 aliphatic rings. The monoisotopic (exact) mass is 226 g/mol. The van der Waals surface area contributed by atoms with Gasteiger partial charge in [0.15, 0.2) is 0 Å². The Hall–Kier alpha value is -1.52. The molecule has 0 bridgehead atoms. The van der Waals surface area contributed by atoms with Gasteiger partial charge in [0, 0.05) is 13.1 Å². The molecule has 2 amide bonds. The van der Waals surface area contributed by atoms with Crippen molar-refractivity contribution in [3.8, 4) is 0 Å². The second-order valence-electron chi connectivity index (χ2n) is 4.16. The van der Waals surface area contributed by atoms with Crippen molar-refractivity contribution < 1.29 is 14.7 Å². The molecule has 1 heterocycles. The number of carbonyl (C=O) groups is 2. The van der Waals surface area contributed by atoms with Crippen molar-refractivity contribution in [3.05, 3.63) is 12.7 Å². The van der Waals surface area contributed by atoms with E-state index in [-0.39, 0.29) is 6.03 Å². The first-order valence-electron chi connectivity index (χ1n) is 5.42. The number of hydrogen-bond acceptors (Lipinski definition) is 2. The molecule has 0 radical (unpaired) electrons. The third-order valence-corrected chi connectivity index (χ3v) is 2.99. The molecule has 0 spiro atoms. The molecular weight excluding hydrogens is 208 g/mol. The molecule has 2 N–H and O–H groups in total. The van der Waals surface area contributed by atoms with Crippen molar-refractivity contribution in [2.24, 2.45) is 0 Å². The van der Waals surface area contributed by atoms with Crippen LogP contribution in [0.3, 0.4) is 0 Å². The number of nitrogens with one attached hydrogen (secondary N) is 1. The standard InChI is InChI=1S/C11H18N2O3/c1-3-7-12-10(16)13-8-5-4-6-11(13,2)9(14)15/h3H,1,4-8H2,2H3,(H,12,16)(H,14,15). The summed E-state index contributed by atoms with van der Waals surface area (Å²) in [5.41, 5.74) is -1.08. The summed E-state index contributed by atoms with van der Waals surface area (Å²) in [6.07, 6.45) is 3.77. The van der Waals surface area contributed by atoms with Crippen LogP contribution in [0.15, 0.2) is 12.7 Å². The first kappa shape index (κ1) is 12.5. The molecule has 90 valence electrons. The van der Waals surface area contributed by atoms with Crippen LogP contribution in [0.4, 0.5) is 4.79 Å². The van der Waals surface area contributed by atoms with E-state index < -0.39 is 11.5 Å². The number of carbonyl (C=O) groups excluding carboxylic acids is 1. The summed E-state index contributed by atoms with van der Waals surface area (Å²) in [6.45, 7) is 5.94. The highest BCUT2D eigenvalue weighted by Crippen LogP contribution is 2.28. The quantitative estimate of drug-likeness (QED) is 0.711. The Morgan fingerprint density at radius 2 is 2.25 bits per heavy atom. The van der Waals surface area contributed by atoms with Gasteiger partial charge in [-0.25, -0.2) is 9.59 Å². The smallest absolute Gasteiger partial charge is 0.329 e. The Balaban J connectivity index is 2.77. The number of nitrogens with zero attached hydrogens (tertiary/aromatic N) is 1. The predicted octanol–water partition coefficient (Wildman–Crippen LogP) is 1.21. The van der Waals surface area contributed by atoms with Gasteiger partial charge in [0.05, 0.1) is 0 Å². The largest absolute Gasteiger partial charge is 0.480 e. The number of carboxylic acid groups (broad SMARTS) is 1. The van der Waals surface area contributed by atoms with Crippen LogP contribution in [-0.2, 0) is 4.79 Å². The third-order valence-electron chi connectivity index (χ3n) is 2.99. The molecule has 1 rings (SSSR count). The van der Waals surface area contributed by atoms with E-state index in [1.807, 2.05) is 0 Å². The fourth-order valence-corrected chi connectivity index (χ4v) is 1.92. The van der Waals surface area contributed by atoms with Crippen molar-refractivity contribution in [2.45, 2.75) is 31.7 Å². The zero-order valence-electron chi connectivity index (χ0n) is 9.53. The summed E-state index contributed by atoms with van der Waals surface area (Å²) < 4.78 is 0. The Morgan fingerprint density at radius 3 is 2.81 bits per heavy atom. The molecule has 1 atom stereocenters. The highest BCUT2D eigenvalue weighted by Gasteiger charge is 2.43. The van der Waals surface area contributed by atoms with Crippen LogP contribution in [-0.4, -0.2) is 40.6 Å². The molecule has 5 heteroatoms. The molecule has 16 heavy (non-hydrogen) atoms. The normalized spacial score (nSPS) is 24.9. The topological polar surface area (TPSA) is 69.6 Å². The van der Waals surface area contributed by atoms with Gasteiger partial charge in [-0.1, -0.05) is 6.08 Å². The van der Waals surface area contributed by atoms with Crippen LogP contribution in [0, 0.1) is 0 Å². The second-order valence-corrected chi connectivity index (χ2v) is 4.16. The fraction of sp³-hybridized carbons (Fsp3) is 0.636. The average molecular weight is 226 g/mol. The molecule has 5 nitrogen and oxygen atoms in total. The maximum atomic E-state index is 11.8. The van der Waals surface area contributed by atoms with Gasteiger partial charge in [0.25, 0.3) is 0 Å². The minimum absolute atomic E-state index is 0.329. The van der Waals surface area contributed by atoms with E-state index in [0.717, 1.165) is 12.8 Å². The summed E-state index contributed by atoms with van der Waals surface area (Å²) >= 11 is 0. The number of aliphatic carboxylic acids is 1. The Bertz CT molecular complexity index is 304. The zero-order chi connectivity index (χ0) is 12.2. The van der Waals surface area contributed by atoms with E-state index in [1.54, 1.807) is 13.0 Å². The number of likely N-dealkylation sites (tertiary alicyclic amines) is 1. The molecule has 0 aromatic heterocycles. The van der Waals surface area contributed by atoms with Crippen molar-refractivity contribution in [3.63, 3.8) is 0 Å². The SMILES string of the molecule is C=CCNC(=O)N1CCCCC1(C)C(=O)O. The lowest BCUT2D eigenvalue weighted by Gasteiger charge is -2.41. The Kier molecular flexibility index (Phi) is 3.93. The molecule has 1 unspecified atom stereocenters. The molecule has 0 aliphatic carbocycles. The zero-order valence-corrected chi connectivity index (χ0v) is 9.53. The third kappa shape index (κ3) is 2.35. The van der Waals surface area contributed by atoms with Crippen molar-refractivity contribution in [2.75, 3.05) is 13.1 Å². The average Bonchev–Trinajstić information content (AvgIpc) is 2.26. The highest BCUT2D eigenvalue weighted by atomic mass is 16.4. The molecule has 0 saturated carbocycles. The van der Waals surface area contributed by atoms with Gasteiger partial charge >= 0.3 is 12.0 Å². The van der Waals surface area contributed by atoms with E-state index in [0.29, 0.717) is 19.5 Å². The summed E-state index contributed by atoms with van der Waals surface area (Å²) in [7, 11) is 0. The van der Waals surface area contributed by atoms with E-state index in [9.17, 15) is 14.7 Å². The second kappa shape index (κ2) is 5.01. The van der Waals surface area contributed by atoms with Gasteiger partial charge < -0.3 is 15.3 Å². The van der Waals surface area contributed by atoms with Crippen molar-refractivity contribution in [1.29, 1.82) is 0 Å². The van der Waals surface area contributed by atoms with Gasteiger partial charge in [0.1, 0.15) is 5.54 Å². The summed E-state index contributed by atoms with van der Waals surface area (Å²) in [5, 5.41) is 11.8. The fourth-order valence-electron chi connectivity index (χ4n) is 1.92.